The van der Waals surface area contributed by atoms with Crippen LogP contribution in [0.4, 0.5) is 18.9 Å². The molecule has 1 unspecified atom stereocenters. The monoisotopic (exact) mass is 231 g/mol. The maximum Gasteiger partial charge on any atom is 0.443 e. The fraction of sp³-hybridized carbons (Fsp3) is 0.333. The number of alkyl halides is 3. The number of aliphatic hydroxyl groups is 1. The van der Waals surface area contributed by atoms with E-state index in [-0.39, 0.29) is 16.9 Å². The molecule has 0 spiro atoms. The van der Waals surface area contributed by atoms with Crippen molar-refractivity contribution in [2.45, 2.75) is 18.8 Å². The van der Waals surface area contributed by atoms with Crippen molar-refractivity contribution in [3.05, 3.63) is 23.5 Å². The lowest BCUT2D eigenvalue weighted by Crippen LogP contribution is -2.44. The molecule has 0 saturated heterocycles. The second kappa shape index (κ2) is 3.18. The van der Waals surface area contributed by atoms with E-state index in [1.54, 1.807) is 0 Å². The normalized spacial score (nSPS) is 23.8. The number of aromatic nitrogens is 1. The van der Waals surface area contributed by atoms with E-state index >= 15 is 0 Å². The van der Waals surface area contributed by atoms with E-state index in [1.807, 2.05) is 0 Å². The van der Waals surface area contributed by atoms with E-state index < -0.39 is 11.9 Å². The molecule has 7 heteroatoms. The molecule has 0 fully saturated rings. The third-order valence-electron chi connectivity index (χ3n) is 2.36. The number of rotatable bonds is 0. The highest BCUT2D eigenvalue weighted by Gasteiger charge is 2.58. The lowest BCUT2D eigenvalue weighted by molar-refractivity contribution is -0.263. The first-order valence-electron chi connectivity index (χ1n) is 4.41. The van der Waals surface area contributed by atoms with E-state index in [4.69, 9.17) is 0 Å². The van der Waals surface area contributed by atoms with Crippen LogP contribution in [-0.2, 0) is 5.72 Å². The maximum atomic E-state index is 12.8. The van der Waals surface area contributed by atoms with E-state index in [0.29, 0.717) is 0 Å². The molecule has 0 radical (unpaired) electrons. The number of aryl methyl sites for hydroxylation is 1. The zero-order valence-electron chi connectivity index (χ0n) is 8.21. The minimum absolute atomic E-state index is 0.0849. The van der Waals surface area contributed by atoms with Gasteiger partial charge in [0.2, 0.25) is 0 Å². The molecule has 16 heavy (non-hydrogen) atoms. The second-order valence-corrected chi connectivity index (χ2v) is 3.39. The summed E-state index contributed by atoms with van der Waals surface area (Å²) < 4.78 is 38.3. The Morgan fingerprint density at radius 3 is 2.75 bits per heavy atom. The Morgan fingerprint density at radius 2 is 2.12 bits per heavy atom. The summed E-state index contributed by atoms with van der Waals surface area (Å²) in [6.45, 7) is 1.39. The fourth-order valence-electron chi connectivity index (χ4n) is 1.60. The number of anilines is 1. The number of aliphatic imine (C=N–C) groups is 1. The van der Waals surface area contributed by atoms with Gasteiger partial charge in [-0.25, -0.2) is 4.99 Å². The molecule has 1 aromatic rings. The average Bonchev–Trinajstić information content (AvgIpc) is 2.16. The number of halogens is 3. The summed E-state index contributed by atoms with van der Waals surface area (Å²) in [7, 11) is 0. The zero-order valence-corrected chi connectivity index (χ0v) is 8.21. The molecule has 1 atom stereocenters. The van der Waals surface area contributed by atoms with E-state index in [9.17, 15) is 18.3 Å². The molecule has 0 aromatic carbocycles. The van der Waals surface area contributed by atoms with Crippen molar-refractivity contribution in [2.24, 2.45) is 4.99 Å². The smallest absolute Gasteiger partial charge is 0.358 e. The van der Waals surface area contributed by atoms with Gasteiger partial charge in [-0.15, -0.1) is 0 Å². The maximum absolute atomic E-state index is 12.8. The first-order chi connectivity index (χ1) is 7.36. The van der Waals surface area contributed by atoms with Gasteiger partial charge in [-0.1, -0.05) is 0 Å². The van der Waals surface area contributed by atoms with Crippen LogP contribution >= 0.6 is 0 Å². The average molecular weight is 231 g/mol. The van der Waals surface area contributed by atoms with Crippen molar-refractivity contribution in [2.75, 3.05) is 5.32 Å². The van der Waals surface area contributed by atoms with Crippen molar-refractivity contribution in [3.63, 3.8) is 0 Å². The first-order valence-corrected chi connectivity index (χ1v) is 4.41. The van der Waals surface area contributed by atoms with E-state index in [2.05, 4.69) is 15.3 Å². The first kappa shape index (κ1) is 10.9. The highest BCUT2D eigenvalue weighted by molar-refractivity contribution is 5.81. The van der Waals surface area contributed by atoms with Crippen LogP contribution in [0, 0.1) is 6.92 Å². The molecule has 0 aliphatic carbocycles. The van der Waals surface area contributed by atoms with Crippen molar-refractivity contribution in [1.82, 2.24) is 4.98 Å². The third-order valence-corrected chi connectivity index (χ3v) is 2.36. The van der Waals surface area contributed by atoms with Crippen molar-refractivity contribution >= 4 is 12.0 Å². The summed E-state index contributed by atoms with van der Waals surface area (Å²) in [5, 5.41) is 12.2. The minimum Gasteiger partial charge on any atom is -0.358 e. The summed E-state index contributed by atoms with van der Waals surface area (Å²) >= 11 is 0. The number of hydrogen-bond acceptors (Lipinski definition) is 4. The highest BCUT2D eigenvalue weighted by Crippen LogP contribution is 2.45. The largest absolute Gasteiger partial charge is 0.443 e. The van der Waals surface area contributed by atoms with Crippen LogP contribution < -0.4 is 5.32 Å². The van der Waals surface area contributed by atoms with Gasteiger partial charge in [-0.3, -0.25) is 4.98 Å². The predicted molar refractivity (Wildman–Crippen MR) is 51.0 cm³/mol. The molecule has 2 N–H and O–H groups in total. The molecule has 0 saturated carbocycles. The molecular weight excluding hydrogens is 223 g/mol. The molecule has 2 heterocycles. The van der Waals surface area contributed by atoms with Crippen molar-refractivity contribution in [1.29, 1.82) is 0 Å². The van der Waals surface area contributed by atoms with Crippen LogP contribution in [0.5, 0.6) is 0 Å². The van der Waals surface area contributed by atoms with Gasteiger partial charge in [0, 0.05) is 11.9 Å². The van der Waals surface area contributed by atoms with E-state index in [0.717, 1.165) is 6.34 Å². The summed E-state index contributed by atoms with van der Waals surface area (Å²) in [4.78, 5) is 6.82. The number of nitrogens with one attached hydrogen (secondary N) is 1. The van der Waals surface area contributed by atoms with Crippen molar-refractivity contribution in [3.8, 4) is 0 Å². The summed E-state index contributed by atoms with van der Waals surface area (Å²) in [5.41, 5.74) is -3.33. The highest BCUT2D eigenvalue weighted by atomic mass is 19.4. The van der Waals surface area contributed by atoms with Gasteiger partial charge in [0.05, 0.1) is 17.6 Å². The SMILES string of the molecule is Cc1nccc2c1C(O)(C(F)(F)F)N=CN2. The van der Waals surface area contributed by atoms with Crippen LogP contribution in [0.3, 0.4) is 0 Å². The summed E-state index contributed by atoms with van der Waals surface area (Å²) in [6.07, 6.45) is -2.69. The van der Waals surface area contributed by atoms with Crippen LogP contribution in [0.2, 0.25) is 0 Å². The van der Waals surface area contributed by atoms with Gasteiger partial charge in [0.15, 0.2) is 0 Å². The van der Waals surface area contributed by atoms with Gasteiger partial charge in [0.25, 0.3) is 5.72 Å². The van der Waals surface area contributed by atoms with Crippen LogP contribution in [0.15, 0.2) is 17.3 Å². The van der Waals surface area contributed by atoms with Gasteiger partial charge < -0.3 is 10.4 Å². The Morgan fingerprint density at radius 1 is 1.44 bits per heavy atom. The van der Waals surface area contributed by atoms with Gasteiger partial charge in [-0.2, -0.15) is 13.2 Å². The molecule has 1 aliphatic heterocycles. The van der Waals surface area contributed by atoms with Crippen LogP contribution in [0.25, 0.3) is 0 Å². The fourth-order valence-corrected chi connectivity index (χ4v) is 1.60. The summed E-state index contributed by atoms with van der Waals surface area (Å²) in [6, 6.07) is 1.35. The minimum atomic E-state index is -4.88. The van der Waals surface area contributed by atoms with Gasteiger partial charge in [0.1, 0.15) is 0 Å². The molecule has 86 valence electrons. The number of hydrogen-bond donors (Lipinski definition) is 2. The molecule has 2 rings (SSSR count). The van der Waals surface area contributed by atoms with Gasteiger partial charge >= 0.3 is 6.18 Å². The molecule has 1 aliphatic rings. The molecule has 4 nitrogen and oxygen atoms in total. The quantitative estimate of drug-likeness (QED) is 0.712. The standard InChI is InChI=1S/C9H8F3N3O/c1-5-7-6(2-3-13-5)14-4-15-8(7,16)9(10,11)12/h2-4,16H,1H3,(H,14,15). The van der Waals surface area contributed by atoms with Gasteiger partial charge in [-0.05, 0) is 13.0 Å². The number of pyridine rings is 1. The summed E-state index contributed by atoms with van der Waals surface area (Å²) in [5.74, 6) is 0. The zero-order chi connectivity index (χ0) is 12.0. The van der Waals surface area contributed by atoms with Crippen LogP contribution in [0.1, 0.15) is 11.3 Å². The Balaban J connectivity index is 2.69. The van der Waals surface area contributed by atoms with Crippen molar-refractivity contribution < 1.29 is 18.3 Å². The molecular formula is C9H8F3N3O. The second-order valence-electron chi connectivity index (χ2n) is 3.39. The lowest BCUT2D eigenvalue weighted by atomic mass is 9.98. The predicted octanol–water partition coefficient (Wildman–Crippen LogP) is 1.55. The van der Waals surface area contributed by atoms with E-state index in [1.165, 1.54) is 19.2 Å². The number of fused-ring (bicyclic) bond motifs is 1. The molecule has 0 amide bonds. The Bertz CT molecular complexity index is 458. The number of nitrogens with zero attached hydrogens (tertiary/aromatic N) is 2. The molecule has 0 bridgehead atoms. The third kappa shape index (κ3) is 1.35. The Labute approximate surface area is 88.8 Å². The topological polar surface area (TPSA) is 57.5 Å². The Hall–Kier alpha value is -1.63. The Kier molecular flexibility index (Phi) is 2.16. The lowest BCUT2D eigenvalue weighted by Gasteiger charge is -2.31. The molecule has 1 aromatic heterocycles. The van der Waals surface area contributed by atoms with Crippen LogP contribution in [-0.4, -0.2) is 22.6 Å².